The Kier molecular flexibility index (Phi) is 7.62. The fraction of sp³-hybridized carbons (Fsp3) is 0.700. The lowest BCUT2D eigenvalue weighted by Gasteiger charge is -2.24. The summed E-state index contributed by atoms with van der Waals surface area (Å²) in [6, 6.07) is 0. The molecule has 5 heteroatoms. The lowest BCUT2D eigenvalue weighted by Crippen LogP contribution is -2.40. The second-order valence-electron chi connectivity index (χ2n) is 3.28. The zero-order valence-electron chi connectivity index (χ0n) is 9.87. The summed E-state index contributed by atoms with van der Waals surface area (Å²) in [6.07, 6.45) is 5.03. The van der Waals surface area contributed by atoms with Crippen molar-refractivity contribution < 1.29 is 4.39 Å². The van der Waals surface area contributed by atoms with Crippen molar-refractivity contribution in [2.24, 2.45) is 5.10 Å². The van der Waals surface area contributed by atoms with Crippen molar-refractivity contribution in [1.29, 1.82) is 0 Å². The molecule has 0 spiro atoms. The highest BCUT2D eigenvalue weighted by atomic mass is 19.1. The highest BCUT2D eigenvalue weighted by molar-refractivity contribution is 5.54. The summed E-state index contributed by atoms with van der Waals surface area (Å²) >= 11 is 0. The summed E-state index contributed by atoms with van der Waals surface area (Å²) in [5, 5.41) is 7.01. The quantitative estimate of drug-likeness (QED) is 0.219. The molecule has 0 amide bonds. The molecule has 88 valence electrons. The van der Waals surface area contributed by atoms with Crippen LogP contribution in [-0.2, 0) is 0 Å². The molecule has 0 aromatic heterocycles. The number of hydrazone groups is 1. The van der Waals surface area contributed by atoms with Crippen LogP contribution in [0.25, 0.3) is 0 Å². The molecule has 0 fully saturated rings. The number of alkyl halides is 1. The van der Waals surface area contributed by atoms with Gasteiger partial charge in [0, 0.05) is 14.1 Å². The normalized spacial score (nSPS) is 15.8. The van der Waals surface area contributed by atoms with E-state index in [0.29, 0.717) is 0 Å². The number of halogens is 1. The number of hydrogen-bond donors (Lipinski definition) is 2. The van der Waals surface area contributed by atoms with Crippen LogP contribution >= 0.6 is 0 Å². The summed E-state index contributed by atoms with van der Waals surface area (Å²) in [5.74, 6) is 0. The zero-order chi connectivity index (χ0) is 11.7. The first-order chi connectivity index (χ1) is 7.11. The minimum Gasteiger partial charge on any atom is -0.348 e. The van der Waals surface area contributed by atoms with Crippen LogP contribution in [0.4, 0.5) is 4.39 Å². The van der Waals surface area contributed by atoms with Crippen LogP contribution in [0, 0.1) is 0 Å². The lowest BCUT2D eigenvalue weighted by atomic mass is 10.2. The Hall–Kier alpha value is -1.10. The first kappa shape index (κ1) is 13.9. The molecule has 0 heterocycles. The second-order valence-corrected chi connectivity index (χ2v) is 3.28. The third-order valence-corrected chi connectivity index (χ3v) is 1.95. The Morgan fingerprint density at radius 3 is 2.60 bits per heavy atom. The smallest absolute Gasteiger partial charge is 0.115 e. The van der Waals surface area contributed by atoms with Gasteiger partial charge in [0.25, 0.3) is 0 Å². The highest BCUT2D eigenvalue weighted by Gasteiger charge is 2.06. The van der Waals surface area contributed by atoms with E-state index in [1.807, 2.05) is 25.1 Å². The van der Waals surface area contributed by atoms with Crippen LogP contribution in [0.5, 0.6) is 0 Å². The number of nitrogens with one attached hydrogen (secondary N) is 2. The van der Waals surface area contributed by atoms with Gasteiger partial charge < -0.3 is 15.6 Å². The molecule has 4 nitrogen and oxygen atoms in total. The fourth-order valence-electron chi connectivity index (χ4n) is 1.11. The average molecular weight is 216 g/mol. The second kappa shape index (κ2) is 8.23. The molecule has 2 unspecified atom stereocenters. The molecule has 0 aliphatic carbocycles. The van der Waals surface area contributed by atoms with Crippen LogP contribution in [-0.4, -0.2) is 44.7 Å². The summed E-state index contributed by atoms with van der Waals surface area (Å²) in [6.45, 7) is 1.51. The van der Waals surface area contributed by atoms with Gasteiger partial charge in [0.15, 0.2) is 0 Å². The van der Waals surface area contributed by atoms with Gasteiger partial charge in [0.1, 0.15) is 12.5 Å². The topological polar surface area (TPSA) is 39.7 Å². The van der Waals surface area contributed by atoms with Gasteiger partial charge in [0.2, 0.25) is 0 Å². The molecule has 2 N–H and O–H groups in total. The van der Waals surface area contributed by atoms with Gasteiger partial charge in [-0.25, -0.2) is 4.39 Å². The average Bonchev–Trinajstić information content (AvgIpc) is 2.20. The number of nitrogens with zero attached hydrogens (tertiary/aromatic N) is 2. The van der Waals surface area contributed by atoms with E-state index in [1.54, 1.807) is 19.5 Å². The lowest BCUT2D eigenvalue weighted by molar-refractivity contribution is 0.330. The van der Waals surface area contributed by atoms with Crippen LogP contribution in [0.1, 0.15) is 13.3 Å². The molecule has 0 saturated heterocycles. The van der Waals surface area contributed by atoms with Gasteiger partial charge >= 0.3 is 0 Å². The Labute approximate surface area is 91.2 Å². The van der Waals surface area contributed by atoms with E-state index in [0.717, 1.165) is 6.42 Å². The Morgan fingerprint density at radius 2 is 2.13 bits per heavy atom. The standard InChI is InChI=1S/C10H21FN4/c1-9(11)6-5-7-10(12-2)15(4)8-14-13-3/h5-6,8-10,12-13H,7H2,1-4H3/b6-5-,14-8-. The summed E-state index contributed by atoms with van der Waals surface area (Å²) in [7, 11) is 5.51. The van der Waals surface area contributed by atoms with E-state index in [2.05, 4.69) is 15.8 Å². The molecule has 0 aliphatic heterocycles. The molecule has 15 heavy (non-hydrogen) atoms. The predicted octanol–water partition coefficient (Wildman–Crippen LogP) is 0.931. The molecule has 0 rings (SSSR count). The van der Waals surface area contributed by atoms with E-state index in [9.17, 15) is 4.39 Å². The van der Waals surface area contributed by atoms with Gasteiger partial charge in [-0.2, -0.15) is 5.10 Å². The van der Waals surface area contributed by atoms with Crippen molar-refractivity contribution in [3.05, 3.63) is 12.2 Å². The highest BCUT2D eigenvalue weighted by Crippen LogP contribution is 1.99. The maximum Gasteiger partial charge on any atom is 0.115 e. The van der Waals surface area contributed by atoms with Crippen molar-refractivity contribution in [1.82, 2.24) is 15.6 Å². The molecule has 2 atom stereocenters. The molecule has 0 saturated carbocycles. The van der Waals surface area contributed by atoms with E-state index < -0.39 is 6.17 Å². The monoisotopic (exact) mass is 216 g/mol. The van der Waals surface area contributed by atoms with Gasteiger partial charge in [-0.05, 0) is 20.4 Å². The van der Waals surface area contributed by atoms with Gasteiger partial charge in [-0.3, -0.25) is 0 Å². The Bertz CT molecular complexity index is 204. The largest absolute Gasteiger partial charge is 0.348 e. The van der Waals surface area contributed by atoms with Gasteiger partial charge in [-0.1, -0.05) is 12.2 Å². The Balaban J connectivity index is 4.06. The van der Waals surface area contributed by atoms with Crippen molar-refractivity contribution >= 4 is 6.34 Å². The van der Waals surface area contributed by atoms with E-state index in [4.69, 9.17) is 0 Å². The summed E-state index contributed by atoms with van der Waals surface area (Å²) < 4.78 is 12.5. The minimum absolute atomic E-state index is 0.122. The Morgan fingerprint density at radius 1 is 1.47 bits per heavy atom. The maximum atomic E-state index is 12.5. The van der Waals surface area contributed by atoms with Crippen LogP contribution in [0.3, 0.4) is 0 Å². The van der Waals surface area contributed by atoms with Gasteiger partial charge in [-0.15, -0.1) is 0 Å². The van der Waals surface area contributed by atoms with Crippen molar-refractivity contribution in [2.45, 2.75) is 25.7 Å². The number of hydrogen-bond acceptors (Lipinski definition) is 3. The summed E-state index contributed by atoms with van der Waals surface area (Å²) in [5.41, 5.74) is 2.67. The summed E-state index contributed by atoms with van der Waals surface area (Å²) in [4.78, 5) is 1.92. The van der Waals surface area contributed by atoms with E-state index >= 15 is 0 Å². The van der Waals surface area contributed by atoms with E-state index in [1.165, 1.54) is 6.92 Å². The van der Waals surface area contributed by atoms with E-state index in [-0.39, 0.29) is 6.17 Å². The molecule has 0 aliphatic rings. The molecule has 0 aromatic carbocycles. The first-order valence-electron chi connectivity index (χ1n) is 5.01. The maximum absolute atomic E-state index is 12.5. The minimum atomic E-state index is -0.890. The van der Waals surface area contributed by atoms with Crippen LogP contribution in [0.2, 0.25) is 0 Å². The molecule has 0 bridgehead atoms. The third kappa shape index (κ3) is 6.90. The molecule has 0 aromatic rings. The molecule has 0 radical (unpaired) electrons. The first-order valence-corrected chi connectivity index (χ1v) is 5.01. The fourth-order valence-corrected chi connectivity index (χ4v) is 1.11. The molecular weight excluding hydrogens is 195 g/mol. The van der Waals surface area contributed by atoms with Crippen molar-refractivity contribution in [3.63, 3.8) is 0 Å². The number of allylic oxidation sites excluding steroid dienone is 1. The van der Waals surface area contributed by atoms with Gasteiger partial charge in [0.05, 0.1) is 6.17 Å². The van der Waals surface area contributed by atoms with Crippen LogP contribution < -0.4 is 10.7 Å². The molecular formula is C10H21FN4. The SMILES string of the molecule is CN/N=C\N(C)C(C/C=C\C(C)F)NC. The van der Waals surface area contributed by atoms with Crippen molar-refractivity contribution in [3.8, 4) is 0 Å². The third-order valence-electron chi connectivity index (χ3n) is 1.95. The van der Waals surface area contributed by atoms with Crippen molar-refractivity contribution in [2.75, 3.05) is 21.1 Å². The zero-order valence-corrected chi connectivity index (χ0v) is 9.87. The van der Waals surface area contributed by atoms with Crippen LogP contribution in [0.15, 0.2) is 17.3 Å². The number of rotatable bonds is 7. The predicted molar refractivity (Wildman–Crippen MR) is 62.5 cm³/mol.